The average Bonchev–Trinajstić information content (AvgIpc) is 2.38. The van der Waals surface area contributed by atoms with Gasteiger partial charge in [-0.3, -0.25) is 14.9 Å². The molecule has 108 valence electrons. The lowest BCUT2D eigenvalue weighted by atomic mass is 10.1. The van der Waals surface area contributed by atoms with E-state index in [2.05, 4.69) is 21.2 Å². The number of halogens is 1. The van der Waals surface area contributed by atoms with Crippen LogP contribution in [0.15, 0.2) is 22.7 Å². The first-order chi connectivity index (χ1) is 9.36. The quantitative estimate of drug-likeness (QED) is 0.607. The lowest BCUT2D eigenvalue weighted by molar-refractivity contribution is -0.385. The largest absolute Gasteiger partial charge is 0.480 e. The highest BCUT2D eigenvalue weighted by Crippen LogP contribution is 2.25. The van der Waals surface area contributed by atoms with Gasteiger partial charge in [0.1, 0.15) is 6.04 Å². The zero-order valence-electron chi connectivity index (χ0n) is 10.6. The molecule has 0 unspecified atom stereocenters. The van der Waals surface area contributed by atoms with E-state index < -0.39 is 22.8 Å². The molecule has 0 aromatic heterocycles. The normalized spacial score (nSPS) is 11.7. The first kappa shape index (κ1) is 16.1. The van der Waals surface area contributed by atoms with E-state index in [4.69, 9.17) is 5.11 Å². The number of amides is 1. The number of nitro groups is 1. The van der Waals surface area contributed by atoms with Gasteiger partial charge in [0.15, 0.2) is 0 Å². The Hall–Kier alpha value is -1.96. The van der Waals surface area contributed by atoms with Crippen molar-refractivity contribution in [3.8, 4) is 0 Å². The van der Waals surface area contributed by atoms with Crippen molar-refractivity contribution in [1.29, 1.82) is 0 Å². The van der Waals surface area contributed by atoms with Gasteiger partial charge in [-0.25, -0.2) is 4.79 Å². The third-order valence-electron chi connectivity index (χ3n) is 2.59. The van der Waals surface area contributed by atoms with Crippen LogP contribution in [-0.2, 0) is 4.79 Å². The lowest BCUT2D eigenvalue weighted by Gasteiger charge is -2.13. The van der Waals surface area contributed by atoms with Gasteiger partial charge in [0, 0.05) is 11.6 Å². The Morgan fingerprint density at radius 1 is 1.50 bits per heavy atom. The van der Waals surface area contributed by atoms with E-state index in [9.17, 15) is 19.7 Å². The van der Waals surface area contributed by atoms with Crippen molar-refractivity contribution in [2.75, 3.05) is 0 Å². The van der Waals surface area contributed by atoms with Gasteiger partial charge in [0.2, 0.25) is 0 Å². The van der Waals surface area contributed by atoms with Crippen LogP contribution in [-0.4, -0.2) is 27.9 Å². The molecule has 0 aliphatic carbocycles. The summed E-state index contributed by atoms with van der Waals surface area (Å²) >= 11 is 3.01. The molecule has 0 saturated carbocycles. The molecule has 0 saturated heterocycles. The molecule has 1 rings (SSSR count). The molecule has 1 amide bonds. The van der Waals surface area contributed by atoms with Gasteiger partial charge in [0.25, 0.3) is 11.6 Å². The average molecular weight is 345 g/mol. The summed E-state index contributed by atoms with van der Waals surface area (Å²) in [5.74, 6) is -1.78. The van der Waals surface area contributed by atoms with Crippen molar-refractivity contribution in [2.45, 2.75) is 25.8 Å². The number of carbonyl (C=O) groups excluding carboxylic acids is 1. The van der Waals surface area contributed by atoms with Crippen LogP contribution in [0.1, 0.15) is 30.1 Å². The summed E-state index contributed by atoms with van der Waals surface area (Å²) < 4.78 is 0.252. The number of hydrogen-bond acceptors (Lipinski definition) is 4. The van der Waals surface area contributed by atoms with E-state index in [0.717, 1.165) is 6.07 Å². The molecule has 0 heterocycles. The smallest absolute Gasteiger partial charge is 0.326 e. The molecule has 0 spiro atoms. The topological polar surface area (TPSA) is 110 Å². The van der Waals surface area contributed by atoms with Crippen LogP contribution in [0.4, 0.5) is 5.69 Å². The van der Waals surface area contributed by atoms with Gasteiger partial charge in [-0.15, -0.1) is 0 Å². The van der Waals surface area contributed by atoms with Gasteiger partial charge in [0.05, 0.1) is 9.40 Å². The van der Waals surface area contributed by atoms with E-state index in [1.54, 1.807) is 6.92 Å². The Morgan fingerprint density at radius 2 is 2.15 bits per heavy atom. The van der Waals surface area contributed by atoms with Gasteiger partial charge >= 0.3 is 5.97 Å². The molecule has 1 aromatic carbocycles. The summed E-state index contributed by atoms with van der Waals surface area (Å²) in [6.07, 6.45) is 0.886. The molecule has 0 fully saturated rings. The Labute approximate surface area is 123 Å². The van der Waals surface area contributed by atoms with E-state index in [1.165, 1.54) is 12.1 Å². The second kappa shape index (κ2) is 6.99. The number of nitrogens with one attached hydrogen (secondary N) is 1. The second-order valence-corrected chi connectivity index (χ2v) is 4.93. The predicted molar refractivity (Wildman–Crippen MR) is 74.6 cm³/mol. The Kier molecular flexibility index (Phi) is 5.63. The van der Waals surface area contributed by atoms with Crippen molar-refractivity contribution in [2.24, 2.45) is 0 Å². The van der Waals surface area contributed by atoms with Crippen LogP contribution < -0.4 is 5.32 Å². The molecular weight excluding hydrogens is 332 g/mol. The van der Waals surface area contributed by atoms with E-state index in [0.29, 0.717) is 12.8 Å². The van der Waals surface area contributed by atoms with E-state index in [1.807, 2.05) is 0 Å². The summed E-state index contributed by atoms with van der Waals surface area (Å²) in [6, 6.07) is 2.86. The van der Waals surface area contributed by atoms with E-state index >= 15 is 0 Å². The molecule has 0 aliphatic heterocycles. The number of rotatable bonds is 6. The Morgan fingerprint density at radius 3 is 2.65 bits per heavy atom. The summed E-state index contributed by atoms with van der Waals surface area (Å²) in [6.45, 7) is 1.80. The van der Waals surface area contributed by atoms with Crippen LogP contribution in [0.3, 0.4) is 0 Å². The predicted octanol–water partition coefficient (Wildman–Crippen LogP) is 2.34. The highest BCUT2D eigenvalue weighted by Gasteiger charge is 2.21. The Balaban J connectivity index is 2.95. The molecule has 0 aliphatic rings. The summed E-state index contributed by atoms with van der Waals surface area (Å²) in [5.41, 5.74) is -0.206. The maximum atomic E-state index is 11.9. The molecule has 1 aromatic rings. The third kappa shape index (κ3) is 4.02. The van der Waals surface area contributed by atoms with Crippen LogP contribution >= 0.6 is 15.9 Å². The number of carboxylic acid groups (broad SMARTS) is 1. The van der Waals surface area contributed by atoms with E-state index in [-0.39, 0.29) is 15.7 Å². The number of hydrogen-bond donors (Lipinski definition) is 2. The maximum Gasteiger partial charge on any atom is 0.326 e. The van der Waals surface area contributed by atoms with Crippen LogP contribution in [0.25, 0.3) is 0 Å². The van der Waals surface area contributed by atoms with Crippen molar-refractivity contribution in [3.63, 3.8) is 0 Å². The van der Waals surface area contributed by atoms with Gasteiger partial charge in [-0.1, -0.05) is 13.3 Å². The van der Waals surface area contributed by atoms with Crippen molar-refractivity contribution < 1.29 is 19.6 Å². The fourth-order valence-electron chi connectivity index (χ4n) is 1.58. The number of carboxylic acids is 1. The molecule has 1 atom stereocenters. The molecule has 0 radical (unpaired) electrons. The monoisotopic (exact) mass is 344 g/mol. The number of benzene rings is 1. The van der Waals surface area contributed by atoms with Crippen molar-refractivity contribution >= 4 is 33.5 Å². The number of aliphatic carboxylic acids is 1. The highest BCUT2D eigenvalue weighted by molar-refractivity contribution is 9.10. The zero-order valence-corrected chi connectivity index (χ0v) is 12.2. The van der Waals surface area contributed by atoms with Crippen LogP contribution in [0, 0.1) is 10.1 Å². The minimum Gasteiger partial charge on any atom is -0.480 e. The zero-order chi connectivity index (χ0) is 15.3. The standard InChI is InChI=1S/C12H13BrN2O5/c1-2-3-9(12(17)18)14-11(16)7-4-5-8(13)10(6-7)15(19)20/h4-6,9H,2-3H2,1H3,(H,14,16)(H,17,18)/t9-/m0/s1. The maximum absolute atomic E-state index is 11.9. The summed E-state index contributed by atoms with van der Waals surface area (Å²) in [4.78, 5) is 33.0. The molecule has 2 N–H and O–H groups in total. The van der Waals surface area contributed by atoms with Gasteiger partial charge < -0.3 is 10.4 Å². The Bertz CT molecular complexity index is 547. The first-order valence-electron chi connectivity index (χ1n) is 5.84. The third-order valence-corrected chi connectivity index (χ3v) is 3.26. The lowest BCUT2D eigenvalue weighted by Crippen LogP contribution is -2.40. The minimum absolute atomic E-state index is 0.0438. The highest BCUT2D eigenvalue weighted by atomic mass is 79.9. The summed E-state index contributed by atoms with van der Waals surface area (Å²) in [7, 11) is 0. The molecule has 8 heteroatoms. The SMILES string of the molecule is CCC[C@H](NC(=O)c1ccc(Br)c([N+](=O)[O-])c1)C(=O)O. The number of nitro benzene ring substituents is 1. The number of nitrogens with zero attached hydrogens (tertiary/aromatic N) is 1. The van der Waals surface area contributed by atoms with Gasteiger partial charge in [-0.05, 0) is 34.5 Å². The summed E-state index contributed by atoms with van der Waals surface area (Å²) in [5, 5.41) is 22.1. The molecule has 20 heavy (non-hydrogen) atoms. The first-order valence-corrected chi connectivity index (χ1v) is 6.63. The van der Waals surface area contributed by atoms with Crippen molar-refractivity contribution in [1.82, 2.24) is 5.32 Å². The molecular formula is C12H13BrN2O5. The van der Waals surface area contributed by atoms with Crippen LogP contribution in [0.2, 0.25) is 0 Å². The molecule has 0 bridgehead atoms. The van der Waals surface area contributed by atoms with Crippen molar-refractivity contribution in [3.05, 3.63) is 38.3 Å². The minimum atomic E-state index is -1.13. The number of carbonyl (C=O) groups is 2. The second-order valence-electron chi connectivity index (χ2n) is 4.08. The fourth-order valence-corrected chi connectivity index (χ4v) is 1.97. The fraction of sp³-hybridized carbons (Fsp3) is 0.333. The van der Waals surface area contributed by atoms with Crippen LogP contribution in [0.5, 0.6) is 0 Å². The molecule has 7 nitrogen and oxygen atoms in total. The van der Waals surface area contributed by atoms with Gasteiger partial charge in [-0.2, -0.15) is 0 Å².